The van der Waals surface area contributed by atoms with E-state index in [1.54, 1.807) is 31.7 Å². The quantitative estimate of drug-likeness (QED) is 0.717. The second-order valence-electron chi connectivity index (χ2n) is 2.94. The summed E-state index contributed by atoms with van der Waals surface area (Å²) in [6.07, 6.45) is 4.70. The second-order valence-corrected chi connectivity index (χ2v) is 2.94. The third-order valence-corrected chi connectivity index (χ3v) is 1.84. The molecule has 0 bridgehead atoms. The van der Waals surface area contributed by atoms with Crippen molar-refractivity contribution >= 4 is 24.8 Å². The molecule has 16 heavy (non-hydrogen) atoms. The molecule has 77 valence electrons. The third kappa shape index (κ3) is 2.29. The number of aryl methyl sites for hydroxylation is 1. The molecule has 1 N–H and O–H groups in total. The SMILES string of the molecule is Cn1cc(-c2ncccn2)c(C(=O)O)n1.[Li]. The van der Waals surface area contributed by atoms with Gasteiger partial charge in [-0.1, -0.05) is 0 Å². The summed E-state index contributed by atoms with van der Waals surface area (Å²) in [5, 5.41) is 12.7. The standard InChI is InChI=1S/C9H8N4O2.Li/c1-13-5-6(7(12-13)9(14)15)8-10-3-2-4-11-8;/h2-5H,1H3,(H,14,15);. The Balaban J connectivity index is 0.00000128. The van der Waals surface area contributed by atoms with Crippen LogP contribution >= 0.6 is 0 Å². The van der Waals surface area contributed by atoms with Crippen LogP contribution in [-0.2, 0) is 7.05 Å². The van der Waals surface area contributed by atoms with Crippen molar-refractivity contribution in [1.82, 2.24) is 19.7 Å². The molecule has 2 aromatic heterocycles. The summed E-state index contributed by atoms with van der Waals surface area (Å²) in [5.41, 5.74) is 0.384. The number of carboxylic acid groups (broad SMARTS) is 1. The molecule has 7 heteroatoms. The number of nitrogens with zero attached hydrogens (tertiary/aromatic N) is 4. The molecular weight excluding hydrogens is 203 g/mol. The zero-order chi connectivity index (χ0) is 10.8. The van der Waals surface area contributed by atoms with Crippen molar-refractivity contribution in [2.75, 3.05) is 0 Å². The molecule has 1 radical (unpaired) electrons. The van der Waals surface area contributed by atoms with E-state index in [4.69, 9.17) is 5.11 Å². The maximum atomic E-state index is 10.9. The molecule has 0 saturated heterocycles. The van der Waals surface area contributed by atoms with Gasteiger partial charge in [-0.15, -0.1) is 0 Å². The summed E-state index contributed by atoms with van der Waals surface area (Å²) in [6, 6.07) is 1.67. The minimum absolute atomic E-state index is 0. The first-order valence-corrected chi connectivity index (χ1v) is 4.23. The molecule has 0 aliphatic heterocycles. The fourth-order valence-corrected chi connectivity index (χ4v) is 1.25. The zero-order valence-electron chi connectivity index (χ0n) is 8.95. The van der Waals surface area contributed by atoms with Crippen LogP contribution in [0.1, 0.15) is 10.5 Å². The Morgan fingerprint density at radius 2 is 2.00 bits per heavy atom. The largest absolute Gasteiger partial charge is 0.476 e. The van der Waals surface area contributed by atoms with E-state index in [1.807, 2.05) is 0 Å². The van der Waals surface area contributed by atoms with Gasteiger partial charge in [0.05, 0.1) is 5.56 Å². The first-order chi connectivity index (χ1) is 7.18. The minimum Gasteiger partial charge on any atom is -0.476 e. The van der Waals surface area contributed by atoms with E-state index >= 15 is 0 Å². The van der Waals surface area contributed by atoms with Gasteiger partial charge in [0.15, 0.2) is 11.5 Å². The van der Waals surface area contributed by atoms with E-state index in [9.17, 15) is 4.79 Å². The Bertz CT molecular complexity index is 497. The van der Waals surface area contributed by atoms with Crippen molar-refractivity contribution in [2.45, 2.75) is 0 Å². The average Bonchev–Trinajstić information content (AvgIpc) is 2.62. The second kappa shape index (κ2) is 4.92. The van der Waals surface area contributed by atoms with E-state index in [2.05, 4.69) is 15.1 Å². The summed E-state index contributed by atoms with van der Waals surface area (Å²) in [7, 11) is 1.65. The summed E-state index contributed by atoms with van der Waals surface area (Å²) in [6.45, 7) is 0. The van der Waals surface area contributed by atoms with E-state index in [-0.39, 0.29) is 24.6 Å². The topological polar surface area (TPSA) is 80.9 Å². The van der Waals surface area contributed by atoms with Gasteiger partial charge in [-0.25, -0.2) is 14.8 Å². The monoisotopic (exact) mass is 211 g/mol. The van der Waals surface area contributed by atoms with Crippen LogP contribution in [0.4, 0.5) is 0 Å². The van der Waals surface area contributed by atoms with Crippen LogP contribution in [0, 0.1) is 0 Å². The molecular formula is C9H8LiN4O2. The molecule has 0 saturated carbocycles. The van der Waals surface area contributed by atoms with Crippen LogP contribution in [0.15, 0.2) is 24.7 Å². The number of carbonyl (C=O) groups is 1. The van der Waals surface area contributed by atoms with Gasteiger partial charge >= 0.3 is 5.97 Å². The van der Waals surface area contributed by atoms with Gasteiger partial charge in [0.1, 0.15) is 0 Å². The number of carboxylic acids is 1. The van der Waals surface area contributed by atoms with Gasteiger partial charge < -0.3 is 5.11 Å². The predicted molar refractivity (Wildman–Crippen MR) is 56.9 cm³/mol. The molecule has 0 spiro atoms. The van der Waals surface area contributed by atoms with Crippen molar-refractivity contribution in [3.63, 3.8) is 0 Å². The van der Waals surface area contributed by atoms with Gasteiger partial charge in [0, 0.05) is 44.5 Å². The van der Waals surface area contributed by atoms with Gasteiger partial charge in [-0.05, 0) is 6.07 Å². The van der Waals surface area contributed by atoms with E-state index < -0.39 is 5.97 Å². The van der Waals surface area contributed by atoms with Gasteiger partial charge in [0.2, 0.25) is 0 Å². The smallest absolute Gasteiger partial charge is 0.357 e. The zero-order valence-corrected chi connectivity index (χ0v) is 8.95. The summed E-state index contributed by atoms with van der Waals surface area (Å²) in [5.74, 6) is -0.721. The van der Waals surface area contributed by atoms with Gasteiger partial charge in [-0.2, -0.15) is 5.10 Å². The Labute approximate surface area is 104 Å². The Hall–Kier alpha value is -1.64. The maximum absolute atomic E-state index is 10.9. The van der Waals surface area contributed by atoms with Crippen LogP contribution in [0.3, 0.4) is 0 Å². The number of hydrogen-bond donors (Lipinski definition) is 1. The van der Waals surface area contributed by atoms with E-state index in [0.29, 0.717) is 11.4 Å². The van der Waals surface area contributed by atoms with Crippen molar-refractivity contribution in [2.24, 2.45) is 7.05 Å². The summed E-state index contributed by atoms with van der Waals surface area (Å²) in [4.78, 5) is 18.8. The fraction of sp³-hybridized carbons (Fsp3) is 0.111. The van der Waals surface area contributed by atoms with Crippen molar-refractivity contribution in [3.8, 4) is 11.4 Å². The first-order valence-electron chi connectivity index (χ1n) is 4.23. The molecule has 2 rings (SSSR count). The van der Waals surface area contributed by atoms with E-state index in [0.717, 1.165) is 0 Å². The average molecular weight is 211 g/mol. The molecule has 0 unspecified atom stereocenters. The molecule has 2 heterocycles. The van der Waals surface area contributed by atoms with Crippen LogP contribution in [0.5, 0.6) is 0 Å². The molecule has 0 aliphatic rings. The molecule has 2 aromatic rings. The molecule has 0 aliphatic carbocycles. The number of rotatable bonds is 2. The summed E-state index contributed by atoms with van der Waals surface area (Å²) >= 11 is 0. The minimum atomic E-state index is -1.09. The molecule has 6 nitrogen and oxygen atoms in total. The normalized spacial score (nSPS) is 9.56. The van der Waals surface area contributed by atoms with Crippen LogP contribution in [-0.4, -0.2) is 49.7 Å². The van der Waals surface area contributed by atoms with Crippen LogP contribution < -0.4 is 0 Å². The maximum Gasteiger partial charge on any atom is 0.357 e. The Morgan fingerprint density at radius 3 is 2.56 bits per heavy atom. The Kier molecular flexibility index (Phi) is 3.82. The number of aromatic carboxylic acids is 1. The predicted octanol–water partition coefficient (Wildman–Crippen LogP) is 0.194. The Morgan fingerprint density at radius 1 is 1.38 bits per heavy atom. The van der Waals surface area contributed by atoms with Crippen molar-refractivity contribution in [1.29, 1.82) is 0 Å². The third-order valence-electron chi connectivity index (χ3n) is 1.84. The van der Waals surface area contributed by atoms with Crippen LogP contribution in [0.25, 0.3) is 11.4 Å². The van der Waals surface area contributed by atoms with Crippen molar-refractivity contribution < 1.29 is 9.90 Å². The van der Waals surface area contributed by atoms with Crippen molar-refractivity contribution in [3.05, 3.63) is 30.4 Å². The van der Waals surface area contributed by atoms with E-state index in [1.165, 1.54) is 4.68 Å². The number of hydrogen-bond acceptors (Lipinski definition) is 4. The van der Waals surface area contributed by atoms with Gasteiger partial charge in [0.25, 0.3) is 0 Å². The van der Waals surface area contributed by atoms with Gasteiger partial charge in [-0.3, -0.25) is 4.68 Å². The first kappa shape index (κ1) is 12.4. The number of aromatic nitrogens is 4. The van der Waals surface area contributed by atoms with Crippen LogP contribution in [0.2, 0.25) is 0 Å². The summed E-state index contributed by atoms with van der Waals surface area (Å²) < 4.78 is 1.43. The molecule has 0 amide bonds. The molecule has 0 fully saturated rings. The molecule has 0 atom stereocenters. The molecule has 0 aromatic carbocycles. The fourth-order valence-electron chi connectivity index (χ4n) is 1.25.